The van der Waals surface area contributed by atoms with Crippen molar-refractivity contribution >= 4 is 50.8 Å². The molecule has 0 unspecified atom stereocenters. The molecule has 0 N–H and O–H groups in total. The van der Waals surface area contributed by atoms with Crippen molar-refractivity contribution in [2.75, 3.05) is 4.90 Å². The fourth-order valence-corrected chi connectivity index (χ4v) is 13.4. The van der Waals surface area contributed by atoms with Gasteiger partial charge < -0.3 is 9.32 Å². The first kappa shape index (κ1) is 30.7. The topological polar surface area (TPSA) is 16.4 Å². The molecule has 5 aliphatic carbocycles. The molecule has 0 atom stereocenters. The minimum absolute atomic E-state index is 0.110. The van der Waals surface area contributed by atoms with Crippen LogP contribution in [0.4, 0.5) is 17.1 Å². The molecule has 256 valence electrons. The van der Waals surface area contributed by atoms with Crippen LogP contribution in [0.25, 0.3) is 21.9 Å². The van der Waals surface area contributed by atoms with Crippen molar-refractivity contribution < 1.29 is 4.42 Å². The number of benzene rings is 5. The lowest BCUT2D eigenvalue weighted by Crippen LogP contribution is -2.57. The summed E-state index contributed by atoms with van der Waals surface area (Å²) in [7, 11) is 0. The fraction of sp³-hybridized carbons (Fsp3) is 0.375. The van der Waals surface area contributed by atoms with Gasteiger partial charge in [0.15, 0.2) is 5.58 Å². The molecule has 0 amide bonds. The van der Waals surface area contributed by atoms with E-state index in [9.17, 15) is 0 Å². The third kappa shape index (κ3) is 4.25. The molecule has 6 aromatic rings. The van der Waals surface area contributed by atoms with E-state index in [0.29, 0.717) is 0 Å². The van der Waals surface area contributed by atoms with Gasteiger partial charge in [-0.1, -0.05) is 100 Å². The minimum atomic E-state index is 0.110. The van der Waals surface area contributed by atoms with Crippen LogP contribution in [-0.2, 0) is 16.2 Å². The van der Waals surface area contributed by atoms with Crippen molar-refractivity contribution in [1.29, 1.82) is 0 Å². The molecule has 3 heteroatoms. The van der Waals surface area contributed by atoms with E-state index in [1.165, 1.54) is 88.0 Å². The van der Waals surface area contributed by atoms with Crippen LogP contribution in [0.2, 0.25) is 0 Å². The van der Waals surface area contributed by atoms with E-state index in [-0.39, 0.29) is 16.2 Å². The van der Waals surface area contributed by atoms with Crippen LogP contribution >= 0.6 is 11.8 Å². The molecule has 1 aromatic heterocycles. The van der Waals surface area contributed by atoms with Gasteiger partial charge in [-0.2, -0.15) is 0 Å². The van der Waals surface area contributed by atoms with Gasteiger partial charge in [-0.15, -0.1) is 0 Å². The molecule has 51 heavy (non-hydrogen) atoms. The van der Waals surface area contributed by atoms with Gasteiger partial charge in [-0.3, -0.25) is 0 Å². The Labute approximate surface area is 306 Å². The Morgan fingerprint density at radius 3 is 1.98 bits per heavy atom. The summed E-state index contributed by atoms with van der Waals surface area (Å²) in [5.41, 5.74) is 12.0. The molecule has 0 radical (unpaired) electrons. The van der Waals surface area contributed by atoms with E-state index in [0.717, 1.165) is 40.5 Å². The molecule has 12 rings (SSSR count). The zero-order valence-electron chi connectivity index (χ0n) is 30.3. The molecule has 6 aliphatic rings. The monoisotopic (exact) mass is 685 g/mol. The van der Waals surface area contributed by atoms with Crippen LogP contribution in [0.15, 0.2) is 117 Å². The second-order valence-electron chi connectivity index (χ2n) is 18.0. The minimum Gasteiger partial charge on any atom is -0.454 e. The number of fused-ring (bicyclic) bond motifs is 6. The van der Waals surface area contributed by atoms with E-state index in [1.54, 1.807) is 11.1 Å². The van der Waals surface area contributed by atoms with Crippen LogP contribution in [0.1, 0.15) is 94.9 Å². The van der Waals surface area contributed by atoms with Gasteiger partial charge in [0.25, 0.3) is 0 Å². The molecule has 1 aliphatic heterocycles. The van der Waals surface area contributed by atoms with E-state index in [1.807, 2.05) is 11.8 Å². The van der Waals surface area contributed by atoms with E-state index in [4.69, 9.17) is 4.42 Å². The van der Waals surface area contributed by atoms with Gasteiger partial charge in [-0.25, -0.2) is 0 Å². The summed E-state index contributed by atoms with van der Waals surface area (Å²) in [4.78, 5) is 5.42. The Morgan fingerprint density at radius 2 is 1.20 bits per heavy atom. The predicted molar refractivity (Wildman–Crippen MR) is 212 cm³/mol. The zero-order valence-corrected chi connectivity index (χ0v) is 31.2. The lowest BCUT2D eigenvalue weighted by molar-refractivity contribution is -0.0443. The first-order valence-corrected chi connectivity index (χ1v) is 20.3. The van der Waals surface area contributed by atoms with Gasteiger partial charge in [-0.05, 0) is 144 Å². The quantitative estimate of drug-likeness (QED) is 0.184. The maximum absolute atomic E-state index is 6.76. The summed E-state index contributed by atoms with van der Waals surface area (Å²) in [6.45, 7) is 9.72. The summed E-state index contributed by atoms with van der Waals surface area (Å²) in [5, 5.41) is 2.34. The standard InChI is InChI=1S/C48H47NOS/c1-46(2)20-21-47(3,4)40-27-33(16-18-37(40)46)49(41-13-9-11-36-35-10-5-7-14-42(35)50-45(36)41)34-17-19-39-44(28-34)51-43-15-8-6-12-38(43)48(39)31-23-29-22-30(25-31)26-32(48)24-29/h5-19,27-32H,20-26H2,1-4H3. The molecule has 4 saturated carbocycles. The third-order valence-corrected chi connectivity index (χ3v) is 15.5. The van der Waals surface area contributed by atoms with Gasteiger partial charge in [0, 0.05) is 37.4 Å². The maximum atomic E-state index is 6.76. The number of hydrogen-bond donors (Lipinski definition) is 0. The highest BCUT2D eigenvalue weighted by Crippen LogP contribution is 2.69. The number of furan rings is 1. The van der Waals surface area contributed by atoms with Crippen LogP contribution in [0.5, 0.6) is 0 Å². The predicted octanol–water partition coefficient (Wildman–Crippen LogP) is 13.6. The zero-order chi connectivity index (χ0) is 34.3. The first-order chi connectivity index (χ1) is 24.7. The van der Waals surface area contributed by atoms with Gasteiger partial charge in [0.1, 0.15) is 5.58 Å². The molecule has 5 aromatic carbocycles. The number of anilines is 3. The highest BCUT2D eigenvalue weighted by molar-refractivity contribution is 7.99. The van der Waals surface area contributed by atoms with E-state index >= 15 is 0 Å². The van der Waals surface area contributed by atoms with Crippen LogP contribution < -0.4 is 4.90 Å². The summed E-state index contributed by atoms with van der Waals surface area (Å²) >= 11 is 2.00. The average molecular weight is 686 g/mol. The van der Waals surface area contributed by atoms with Crippen LogP contribution in [-0.4, -0.2) is 0 Å². The Bertz CT molecular complexity index is 2370. The fourth-order valence-electron chi connectivity index (χ4n) is 12.1. The van der Waals surface area contributed by atoms with Gasteiger partial charge in [0.2, 0.25) is 0 Å². The number of hydrogen-bond acceptors (Lipinski definition) is 3. The molecule has 2 heterocycles. The number of nitrogens with zero attached hydrogens (tertiary/aromatic N) is 1. The van der Waals surface area contributed by atoms with Gasteiger partial charge in [0.05, 0.1) is 5.69 Å². The molecule has 2 nitrogen and oxygen atoms in total. The Balaban J connectivity index is 1.14. The van der Waals surface area contributed by atoms with Crippen LogP contribution in [0, 0.1) is 23.7 Å². The van der Waals surface area contributed by atoms with Crippen molar-refractivity contribution in [3.05, 3.63) is 125 Å². The summed E-state index contributed by atoms with van der Waals surface area (Å²) < 4.78 is 6.76. The first-order valence-electron chi connectivity index (χ1n) is 19.5. The average Bonchev–Trinajstić information content (AvgIpc) is 3.51. The molecule has 0 saturated heterocycles. The second kappa shape index (κ2) is 10.6. The molecular formula is C48H47NOS. The SMILES string of the molecule is CC1(C)CCC(C)(C)c2cc(N(c3ccc4c(c3)Sc3ccccc3C43C4CC5CC(C4)CC3C5)c3cccc4c3oc3ccccc34)ccc21. The Morgan fingerprint density at radius 1 is 0.569 bits per heavy atom. The maximum Gasteiger partial charge on any atom is 0.159 e. The van der Waals surface area contributed by atoms with Crippen molar-refractivity contribution in [2.45, 2.75) is 98.7 Å². The third-order valence-electron chi connectivity index (χ3n) is 14.4. The van der Waals surface area contributed by atoms with E-state index in [2.05, 4.69) is 136 Å². The normalized spacial score (nSPS) is 27.8. The highest BCUT2D eigenvalue weighted by Gasteiger charge is 2.60. The lowest BCUT2D eigenvalue weighted by atomic mass is 9.42. The summed E-state index contributed by atoms with van der Waals surface area (Å²) in [5.74, 6) is 3.35. The molecule has 4 fully saturated rings. The molecule has 4 bridgehead atoms. The lowest BCUT2D eigenvalue weighted by Gasteiger charge is -2.63. The molecular weight excluding hydrogens is 639 g/mol. The number of rotatable bonds is 3. The smallest absolute Gasteiger partial charge is 0.159 e. The second-order valence-corrected chi connectivity index (χ2v) is 19.1. The Hall–Kier alpha value is -3.95. The Kier molecular flexibility index (Phi) is 6.35. The van der Waals surface area contributed by atoms with Crippen molar-refractivity contribution in [3.8, 4) is 0 Å². The summed E-state index contributed by atoms with van der Waals surface area (Å²) in [6, 6.07) is 39.5. The summed E-state index contributed by atoms with van der Waals surface area (Å²) in [6.07, 6.45) is 9.47. The van der Waals surface area contributed by atoms with Crippen LogP contribution in [0.3, 0.4) is 0 Å². The number of para-hydroxylation sites is 2. The molecule has 1 spiro atoms. The van der Waals surface area contributed by atoms with Crippen molar-refractivity contribution in [1.82, 2.24) is 0 Å². The van der Waals surface area contributed by atoms with Crippen molar-refractivity contribution in [2.24, 2.45) is 23.7 Å². The van der Waals surface area contributed by atoms with Gasteiger partial charge >= 0.3 is 0 Å². The highest BCUT2D eigenvalue weighted by atomic mass is 32.2. The van der Waals surface area contributed by atoms with E-state index < -0.39 is 0 Å². The largest absolute Gasteiger partial charge is 0.454 e. The van der Waals surface area contributed by atoms with Crippen molar-refractivity contribution in [3.63, 3.8) is 0 Å².